The first-order valence-corrected chi connectivity index (χ1v) is 13.5. The van der Waals surface area contributed by atoms with Crippen molar-refractivity contribution in [3.63, 3.8) is 0 Å². The minimum absolute atomic E-state index is 0.0452. The molecule has 39 heavy (non-hydrogen) atoms. The predicted molar refractivity (Wildman–Crippen MR) is 159 cm³/mol. The maximum Gasteiger partial charge on any atom is 0.266 e. The van der Waals surface area contributed by atoms with E-state index in [4.69, 9.17) is 14.2 Å². The van der Waals surface area contributed by atoms with Gasteiger partial charge < -0.3 is 19.5 Å². The number of amides is 1. The van der Waals surface area contributed by atoms with Crippen molar-refractivity contribution >= 4 is 49.5 Å². The van der Waals surface area contributed by atoms with Crippen molar-refractivity contribution in [2.45, 2.75) is 13.2 Å². The quantitative estimate of drug-likeness (QED) is 0.140. The largest absolute Gasteiger partial charge is 0.493 e. The third-order valence-electron chi connectivity index (χ3n) is 5.60. The summed E-state index contributed by atoms with van der Waals surface area (Å²) < 4.78 is 19.2. The van der Waals surface area contributed by atoms with Crippen LogP contribution in [0.4, 0.5) is 5.69 Å². The van der Waals surface area contributed by atoms with E-state index in [1.54, 1.807) is 49.6 Å². The number of benzene rings is 4. The van der Waals surface area contributed by atoms with Crippen LogP contribution in [0, 0.1) is 11.3 Å². The zero-order valence-electron chi connectivity index (χ0n) is 21.0. The van der Waals surface area contributed by atoms with Crippen LogP contribution >= 0.6 is 31.9 Å². The summed E-state index contributed by atoms with van der Waals surface area (Å²) in [5, 5.41) is 12.4. The molecule has 0 aliphatic rings. The van der Waals surface area contributed by atoms with Gasteiger partial charge in [-0.1, -0.05) is 62.2 Å². The van der Waals surface area contributed by atoms with E-state index in [2.05, 4.69) is 37.2 Å². The van der Waals surface area contributed by atoms with Crippen molar-refractivity contribution in [2.24, 2.45) is 0 Å². The number of hydrogen-bond donors (Lipinski definition) is 1. The third-order valence-corrected chi connectivity index (χ3v) is 6.66. The van der Waals surface area contributed by atoms with Gasteiger partial charge in [-0.3, -0.25) is 4.79 Å². The van der Waals surface area contributed by atoms with Crippen LogP contribution in [0.1, 0.15) is 16.7 Å². The average molecular weight is 648 g/mol. The monoisotopic (exact) mass is 646 g/mol. The molecular formula is C31H24Br2N2O4. The van der Waals surface area contributed by atoms with Gasteiger partial charge in [-0.05, 0) is 83.4 Å². The molecule has 0 atom stereocenters. The van der Waals surface area contributed by atoms with Gasteiger partial charge in [0.15, 0.2) is 11.5 Å². The van der Waals surface area contributed by atoms with Crippen LogP contribution in [0.5, 0.6) is 17.2 Å². The lowest BCUT2D eigenvalue weighted by molar-refractivity contribution is -0.112. The molecular weight excluding hydrogens is 624 g/mol. The lowest BCUT2D eigenvalue weighted by Gasteiger charge is -2.12. The summed E-state index contributed by atoms with van der Waals surface area (Å²) >= 11 is 6.84. The molecule has 0 radical (unpaired) electrons. The average Bonchev–Trinajstić information content (AvgIpc) is 2.96. The molecule has 8 heteroatoms. The summed E-state index contributed by atoms with van der Waals surface area (Å²) in [7, 11) is 1.54. The van der Waals surface area contributed by atoms with Crippen molar-refractivity contribution in [1.82, 2.24) is 0 Å². The Morgan fingerprint density at radius 2 is 1.41 bits per heavy atom. The van der Waals surface area contributed by atoms with Crippen LogP contribution in [0.25, 0.3) is 6.08 Å². The Morgan fingerprint density at radius 1 is 0.821 bits per heavy atom. The number of methoxy groups -OCH3 is 1. The highest BCUT2D eigenvalue weighted by atomic mass is 79.9. The van der Waals surface area contributed by atoms with E-state index in [0.717, 1.165) is 20.1 Å². The molecule has 0 aliphatic heterocycles. The topological polar surface area (TPSA) is 80.6 Å². The molecule has 4 rings (SSSR count). The first-order chi connectivity index (χ1) is 18.9. The lowest BCUT2D eigenvalue weighted by Crippen LogP contribution is -2.13. The Labute approximate surface area is 244 Å². The van der Waals surface area contributed by atoms with Crippen molar-refractivity contribution < 1.29 is 19.0 Å². The van der Waals surface area contributed by atoms with E-state index in [1.165, 1.54) is 6.08 Å². The fourth-order valence-electron chi connectivity index (χ4n) is 3.53. The van der Waals surface area contributed by atoms with Crippen LogP contribution in [-0.2, 0) is 18.0 Å². The molecule has 4 aromatic rings. The normalized spacial score (nSPS) is 10.9. The van der Waals surface area contributed by atoms with E-state index < -0.39 is 5.91 Å². The number of nitrogens with one attached hydrogen (secondary N) is 1. The summed E-state index contributed by atoms with van der Waals surface area (Å²) in [6.45, 7) is 0.802. The Kier molecular flexibility index (Phi) is 9.79. The highest BCUT2D eigenvalue weighted by Gasteiger charge is 2.12. The predicted octanol–water partition coefficient (Wildman–Crippen LogP) is 7.92. The molecule has 1 N–H and O–H groups in total. The minimum atomic E-state index is -0.518. The van der Waals surface area contributed by atoms with Gasteiger partial charge in [-0.25, -0.2) is 0 Å². The molecule has 0 fully saturated rings. The second-order valence-corrected chi connectivity index (χ2v) is 10.2. The molecule has 0 saturated heterocycles. The molecule has 196 valence electrons. The molecule has 1 amide bonds. The van der Waals surface area contributed by atoms with Gasteiger partial charge in [-0.15, -0.1) is 0 Å². The van der Waals surface area contributed by atoms with Gasteiger partial charge >= 0.3 is 0 Å². The van der Waals surface area contributed by atoms with Crippen LogP contribution in [0.3, 0.4) is 0 Å². The van der Waals surface area contributed by atoms with Gasteiger partial charge in [0.1, 0.15) is 30.6 Å². The van der Waals surface area contributed by atoms with Crippen LogP contribution in [-0.4, -0.2) is 13.0 Å². The van der Waals surface area contributed by atoms with Crippen molar-refractivity contribution in [1.29, 1.82) is 5.26 Å². The maximum atomic E-state index is 12.8. The lowest BCUT2D eigenvalue weighted by atomic mass is 10.1. The molecule has 0 saturated carbocycles. The smallest absolute Gasteiger partial charge is 0.266 e. The minimum Gasteiger partial charge on any atom is -0.493 e. The third kappa shape index (κ3) is 8.21. The Bertz CT molecular complexity index is 1490. The highest BCUT2D eigenvalue weighted by molar-refractivity contribution is 9.10. The van der Waals surface area contributed by atoms with Crippen LogP contribution < -0.4 is 19.5 Å². The number of carbonyl (C=O) groups is 1. The summed E-state index contributed by atoms with van der Waals surface area (Å²) in [5.41, 5.74) is 3.19. The number of nitriles is 1. The number of nitrogens with zero attached hydrogens (tertiary/aromatic N) is 1. The molecule has 4 aromatic carbocycles. The molecule has 0 aliphatic carbocycles. The molecule has 0 heterocycles. The van der Waals surface area contributed by atoms with Gasteiger partial charge in [0.05, 0.1) is 7.11 Å². The first kappa shape index (κ1) is 28.0. The Balaban J connectivity index is 1.37. The summed E-state index contributed by atoms with van der Waals surface area (Å²) in [6, 6.07) is 29.9. The maximum absolute atomic E-state index is 12.8. The van der Waals surface area contributed by atoms with Crippen molar-refractivity contribution in [3.8, 4) is 23.3 Å². The summed E-state index contributed by atoms with van der Waals surface area (Å²) in [6.07, 6.45) is 1.51. The van der Waals surface area contributed by atoms with E-state index in [9.17, 15) is 10.1 Å². The van der Waals surface area contributed by atoms with E-state index in [-0.39, 0.29) is 5.57 Å². The number of halogens is 2. The van der Waals surface area contributed by atoms with Gasteiger partial charge in [-0.2, -0.15) is 5.26 Å². The van der Waals surface area contributed by atoms with Crippen molar-refractivity contribution in [2.75, 3.05) is 12.4 Å². The van der Waals surface area contributed by atoms with Gasteiger partial charge in [0.2, 0.25) is 0 Å². The summed E-state index contributed by atoms with van der Waals surface area (Å²) in [5.74, 6) is 1.21. The van der Waals surface area contributed by atoms with E-state index in [0.29, 0.717) is 41.7 Å². The van der Waals surface area contributed by atoms with Crippen LogP contribution in [0.2, 0.25) is 0 Å². The zero-order chi connectivity index (χ0) is 27.6. The second-order valence-electron chi connectivity index (χ2n) is 8.39. The number of rotatable bonds is 10. The SMILES string of the molecule is COc1cc(/C=C(\C#N)C(=O)Nc2ccc(OCc3ccc(Br)cc3)cc2)ccc1OCc1ccc(Br)cc1. The fraction of sp³-hybridized carbons (Fsp3) is 0.0968. The van der Waals surface area contributed by atoms with E-state index >= 15 is 0 Å². The number of hydrogen-bond acceptors (Lipinski definition) is 5. The number of carbonyl (C=O) groups excluding carboxylic acids is 1. The number of ether oxygens (including phenoxy) is 3. The Morgan fingerprint density at radius 3 is 1.97 bits per heavy atom. The Hall–Kier alpha value is -4.06. The van der Waals surface area contributed by atoms with Gasteiger partial charge in [0, 0.05) is 14.6 Å². The molecule has 6 nitrogen and oxygen atoms in total. The summed E-state index contributed by atoms with van der Waals surface area (Å²) in [4.78, 5) is 12.8. The molecule has 0 spiro atoms. The van der Waals surface area contributed by atoms with E-state index in [1.807, 2.05) is 54.6 Å². The molecule has 0 bridgehead atoms. The number of anilines is 1. The zero-order valence-corrected chi connectivity index (χ0v) is 24.2. The molecule has 0 aromatic heterocycles. The standard InChI is InChI=1S/C31H24Br2N2O4/c1-37-30-17-23(6-15-29(30)39-20-22-4-9-26(33)10-5-22)16-24(18-34)31(36)35-27-11-13-28(14-12-27)38-19-21-2-7-25(32)8-3-21/h2-17H,19-20H2,1H3,(H,35,36)/b24-16+. The van der Waals surface area contributed by atoms with Crippen LogP contribution in [0.15, 0.2) is 106 Å². The molecule has 0 unspecified atom stereocenters. The second kappa shape index (κ2) is 13.7. The highest BCUT2D eigenvalue weighted by Crippen LogP contribution is 2.30. The van der Waals surface area contributed by atoms with Crippen molar-refractivity contribution in [3.05, 3.63) is 122 Å². The first-order valence-electron chi connectivity index (χ1n) is 11.9. The fourth-order valence-corrected chi connectivity index (χ4v) is 4.06. The van der Waals surface area contributed by atoms with Gasteiger partial charge in [0.25, 0.3) is 5.91 Å².